The molecule has 2 aromatic rings. The van der Waals surface area contributed by atoms with E-state index in [-0.39, 0.29) is 11.5 Å². The Hall–Kier alpha value is -2.25. The molecule has 0 aliphatic carbocycles. The molecule has 0 aromatic heterocycles. The lowest BCUT2D eigenvalue weighted by atomic mass is 10.1. The molecule has 0 fully saturated rings. The van der Waals surface area contributed by atoms with Gasteiger partial charge in [-0.15, -0.1) is 11.6 Å². The van der Waals surface area contributed by atoms with E-state index in [1.54, 1.807) is 48.5 Å². The number of rotatable bonds is 9. The van der Waals surface area contributed by atoms with Crippen LogP contribution in [0.2, 0.25) is 0 Å². The molecule has 134 valence electrons. The molecule has 3 N–H and O–H groups in total. The summed E-state index contributed by atoms with van der Waals surface area (Å²) in [7, 11) is -3.68. The summed E-state index contributed by atoms with van der Waals surface area (Å²) >= 11 is 5.65. The van der Waals surface area contributed by atoms with E-state index in [0.717, 1.165) is 18.4 Å². The molecular formula is C17H19ClN2O4S. The normalized spacial score (nSPS) is 11.1. The molecule has 0 heterocycles. The molecule has 25 heavy (non-hydrogen) atoms. The van der Waals surface area contributed by atoms with E-state index in [2.05, 4.69) is 4.72 Å². The van der Waals surface area contributed by atoms with Crippen molar-refractivity contribution in [2.45, 2.75) is 17.7 Å². The third-order valence-corrected chi connectivity index (χ3v) is 4.98. The van der Waals surface area contributed by atoms with Crippen molar-refractivity contribution in [2.75, 3.05) is 17.2 Å². The molecule has 0 aliphatic rings. The minimum atomic E-state index is -3.68. The molecular weight excluding hydrogens is 364 g/mol. The number of carbonyl (C=O) groups is 1. The number of halogens is 1. The Morgan fingerprint density at radius 1 is 1.08 bits per heavy atom. The second-order valence-electron chi connectivity index (χ2n) is 5.32. The molecule has 1 amide bonds. The van der Waals surface area contributed by atoms with Crippen LogP contribution < -0.4 is 15.2 Å². The summed E-state index contributed by atoms with van der Waals surface area (Å²) < 4.78 is 32.4. The molecule has 6 nitrogen and oxygen atoms in total. The molecule has 0 aliphatic heterocycles. The Bertz CT molecular complexity index is 806. The smallest absolute Gasteiger partial charge is 0.261 e. The van der Waals surface area contributed by atoms with Crippen LogP contribution in [0.3, 0.4) is 0 Å². The number of sulfonamides is 1. The van der Waals surface area contributed by atoms with Gasteiger partial charge < -0.3 is 10.5 Å². The topological polar surface area (TPSA) is 98.5 Å². The summed E-state index contributed by atoms with van der Waals surface area (Å²) in [5.74, 6) is 0.408. The standard InChI is InChI=1S/C17H19ClN2O4S/c18-11-1-2-13-3-9-16(10-4-13)25(22,23)20-14-5-7-15(8-6-14)24-12-17(19)21/h3-10,20H,1-2,11-12H2,(H2,19,21). The minimum absolute atomic E-state index is 0.177. The zero-order valence-electron chi connectivity index (χ0n) is 13.4. The second-order valence-corrected chi connectivity index (χ2v) is 7.38. The summed E-state index contributed by atoms with van der Waals surface area (Å²) in [6.45, 7) is -0.235. The Balaban J connectivity index is 2.03. The van der Waals surface area contributed by atoms with Gasteiger partial charge in [-0.05, 0) is 54.8 Å². The molecule has 0 atom stereocenters. The van der Waals surface area contributed by atoms with Gasteiger partial charge in [0, 0.05) is 11.6 Å². The van der Waals surface area contributed by atoms with Crippen molar-refractivity contribution in [3.8, 4) is 5.75 Å². The largest absolute Gasteiger partial charge is 0.484 e. The molecule has 0 saturated carbocycles. The lowest BCUT2D eigenvalue weighted by Gasteiger charge is -2.10. The number of nitrogens with one attached hydrogen (secondary N) is 1. The number of amides is 1. The second kappa shape index (κ2) is 8.73. The van der Waals surface area contributed by atoms with Crippen LogP contribution in [0.4, 0.5) is 5.69 Å². The van der Waals surface area contributed by atoms with E-state index in [1.807, 2.05) is 0 Å². The molecule has 0 spiro atoms. The number of nitrogens with two attached hydrogens (primary N) is 1. The number of primary amides is 1. The average Bonchev–Trinajstić information content (AvgIpc) is 2.59. The summed E-state index contributed by atoms with van der Waals surface area (Å²) in [6, 6.07) is 12.9. The predicted octanol–water partition coefficient (Wildman–Crippen LogP) is 2.52. The van der Waals surface area contributed by atoms with Gasteiger partial charge in [0.25, 0.3) is 15.9 Å². The van der Waals surface area contributed by atoms with E-state index in [1.165, 1.54) is 0 Å². The first kappa shape index (κ1) is 19.1. The van der Waals surface area contributed by atoms with Gasteiger partial charge in [-0.3, -0.25) is 9.52 Å². The van der Waals surface area contributed by atoms with E-state index < -0.39 is 15.9 Å². The number of hydrogen-bond donors (Lipinski definition) is 2. The van der Waals surface area contributed by atoms with Crippen molar-refractivity contribution in [2.24, 2.45) is 5.73 Å². The summed E-state index contributed by atoms with van der Waals surface area (Å²) in [4.78, 5) is 10.8. The van der Waals surface area contributed by atoms with Crippen LogP contribution in [0.1, 0.15) is 12.0 Å². The zero-order chi connectivity index (χ0) is 18.3. The molecule has 0 unspecified atom stereocenters. The maximum atomic E-state index is 12.4. The van der Waals surface area contributed by atoms with E-state index >= 15 is 0 Å². The maximum Gasteiger partial charge on any atom is 0.261 e. The number of carbonyl (C=O) groups excluding carboxylic acids is 1. The summed E-state index contributed by atoms with van der Waals surface area (Å²) in [6.07, 6.45) is 1.65. The van der Waals surface area contributed by atoms with Crippen LogP contribution in [-0.2, 0) is 21.2 Å². The van der Waals surface area contributed by atoms with E-state index in [9.17, 15) is 13.2 Å². The summed E-state index contributed by atoms with van der Waals surface area (Å²) in [5.41, 5.74) is 6.42. The average molecular weight is 383 g/mol. The highest BCUT2D eigenvalue weighted by Gasteiger charge is 2.14. The molecule has 0 radical (unpaired) electrons. The molecule has 2 rings (SSSR count). The highest BCUT2D eigenvalue weighted by Crippen LogP contribution is 2.20. The Morgan fingerprint density at radius 2 is 1.72 bits per heavy atom. The lowest BCUT2D eigenvalue weighted by Crippen LogP contribution is -2.20. The number of ether oxygens (including phenoxy) is 1. The molecule has 0 bridgehead atoms. The fraction of sp³-hybridized carbons (Fsp3) is 0.235. The molecule has 2 aromatic carbocycles. The fourth-order valence-corrected chi connectivity index (χ4v) is 3.29. The van der Waals surface area contributed by atoms with Gasteiger partial charge in [-0.1, -0.05) is 12.1 Å². The van der Waals surface area contributed by atoms with Crippen LogP contribution in [0.5, 0.6) is 5.75 Å². The van der Waals surface area contributed by atoms with Crippen molar-refractivity contribution in [1.82, 2.24) is 0 Å². The lowest BCUT2D eigenvalue weighted by molar-refractivity contribution is -0.119. The Kier molecular flexibility index (Phi) is 6.66. The monoisotopic (exact) mass is 382 g/mol. The first-order valence-corrected chi connectivity index (χ1v) is 9.61. The van der Waals surface area contributed by atoms with Crippen LogP contribution >= 0.6 is 11.6 Å². The first-order valence-electron chi connectivity index (χ1n) is 7.59. The highest BCUT2D eigenvalue weighted by atomic mass is 35.5. The van der Waals surface area contributed by atoms with Crippen LogP contribution in [0.25, 0.3) is 0 Å². The molecule has 8 heteroatoms. The quantitative estimate of drug-likeness (QED) is 0.651. The zero-order valence-corrected chi connectivity index (χ0v) is 15.0. The minimum Gasteiger partial charge on any atom is -0.484 e. The van der Waals surface area contributed by atoms with Gasteiger partial charge in [0.15, 0.2) is 6.61 Å². The van der Waals surface area contributed by atoms with Gasteiger partial charge in [-0.25, -0.2) is 8.42 Å². The van der Waals surface area contributed by atoms with Gasteiger partial charge in [0.2, 0.25) is 0 Å². The Labute approximate surface area is 152 Å². The van der Waals surface area contributed by atoms with Gasteiger partial charge in [0.1, 0.15) is 5.75 Å². The predicted molar refractivity (Wildman–Crippen MR) is 97.4 cm³/mol. The first-order chi connectivity index (χ1) is 11.9. The van der Waals surface area contributed by atoms with Gasteiger partial charge >= 0.3 is 0 Å². The third kappa shape index (κ3) is 5.95. The number of benzene rings is 2. The van der Waals surface area contributed by atoms with Crippen molar-refractivity contribution in [3.05, 3.63) is 54.1 Å². The van der Waals surface area contributed by atoms with Crippen molar-refractivity contribution in [3.63, 3.8) is 0 Å². The fourth-order valence-electron chi connectivity index (χ4n) is 2.09. The van der Waals surface area contributed by atoms with Crippen LogP contribution in [0.15, 0.2) is 53.4 Å². The molecule has 0 saturated heterocycles. The van der Waals surface area contributed by atoms with Crippen LogP contribution in [-0.4, -0.2) is 26.8 Å². The van der Waals surface area contributed by atoms with Crippen LogP contribution in [0, 0.1) is 0 Å². The SMILES string of the molecule is NC(=O)COc1ccc(NS(=O)(=O)c2ccc(CCCCl)cc2)cc1. The van der Waals surface area contributed by atoms with Crippen molar-refractivity contribution < 1.29 is 17.9 Å². The van der Waals surface area contributed by atoms with Gasteiger partial charge in [-0.2, -0.15) is 0 Å². The van der Waals surface area contributed by atoms with E-state index in [0.29, 0.717) is 17.3 Å². The van der Waals surface area contributed by atoms with E-state index in [4.69, 9.17) is 22.1 Å². The number of aryl methyl sites for hydroxylation is 1. The highest BCUT2D eigenvalue weighted by molar-refractivity contribution is 7.92. The number of alkyl halides is 1. The maximum absolute atomic E-state index is 12.4. The van der Waals surface area contributed by atoms with Crippen molar-refractivity contribution >= 4 is 33.2 Å². The number of hydrogen-bond acceptors (Lipinski definition) is 4. The van der Waals surface area contributed by atoms with Crippen molar-refractivity contribution in [1.29, 1.82) is 0 Å². The van der Waals surface area contributed by atoms with Gasteiger partial charge in [0.05, 0.1) is 4.90 Å². The Morgan fingerprint density at radius 3 is 2.28 bits per heavy atom. The summed E-state index contributed by atoms with van der Waals surface area (Å²) in [5, 5.41) is 0. The third-order valence-electron chi connectivity index (χ3n) is 3.32. The number of anilines is 1.